The first kappa shape index (κ1) is 21.8. The molecule has 3 heterocycles. The quantitative estimate of drug-likeness (QED) is 0.700. The molecule has 0 saturated carbocycles. The van der Waals surface area contributed by atoms with E-state index < -0.39 is 10.0 Å². The van der Waals surface area contributed by atoms with Gasteiger partial charge in [-0.1, -0.05) is 6.07 Å². The summed E-state index contributed by atoms with van der Waals surface area (Å²) in [4.78, 5) is 14.1. The lowest BCUT2D eigenvalue weighted by Crippen LogP contribution is -2.49. The minimum atomic E-state index is -3.60. The van der Waals surface area contributed by atoms with E-state index in [0.717, 1.165) is 35.7 Å². The second-order valence-electron chi connectivity index (χ2n) is 8.34. The summed E-state index contributed by atoms with van der Waals surface area (Å²) in [7, 11) is -2.04. The Kier molecular flexibility index (Phi) is 6.07. The van der Waals surface area contributed by atoms with Crippen molar-refractivity contribution in [2.45, 2.75) is 38.5 Å². The summed E-state index contributed by atoms with van der Waals surface area (Å²) in [5.74, 6) is 2.25. The van der Waals surface area contributed by atoms with Crippen molar-refractivity contribution < 1.29 is 13.2 Å². The summed E-state index contributed by atoms with van der Waals surface area (Å²) in [6, 6.07) is 5.53. The van der Waals surface area contributed by atoms with E-state index in [1.165, 1.54) is 12.8 Å². The third-order valence-corrected chi connectivity index (χ3v) is 8.13. The zero-order valence-electron chi connectivity index (χ0n) is 18.8. The highest BCUT2D eigenvalue weighted by Crippen LogP contribution is 2.29. The topological polar surface area (TPSA) is 78.9 Å². The van der Waals surface area contributed by atoms with E-state index in [-0.39, 0.29) is 0 Å². The Labute approximate surface area is 184 Å². The third kappa shape index (κ3) is 4.34. The second-order valence-corrected chi connectivity index (χ2v) is 10.2. The molecule has 0 bridgehead atoms. The molecular formula is C22H31N5O3S. The molecule has 31 heavy (non-hydrogen) atoms. The first-order valence-corrected chi connectivity index (χ1v) is 12.2. The average Bonchev–Trinajstić information content (AvgIpc) is 3.28. The summed E-state index contributed by atoms with van der Waals surface area (Å²) in [6.45, 7) is 9.70. The van der Waals surface area contributed by atoms with Crippen molar-refractivity contribution in [3.8, 4) is 5.75 Å². The summed E-state index contributed by atoms with van der Waals surface area (Å²) in [5, 5.41) is 0. The van der Waals surface area contributed by atoms with Gasteiger partial charge in [0.15, 0.2) is 0 Å². The minimum absolute atomic E-state index is 0.312. The van der Waals surface area contributed by atoms with Crippen LogP contribution in [0.3, 0.4) is 0 Å². The fourth-order valence-electron chi connectivity index (χ4n) is 4.37. The molecule has 0 unspecified atom stereocenters. The maximum absolute atomic E-state index is 13.3. The zero-order chi connectivity index (χ0) is 22.2. The van der Waals surface area contributed by atoms with E-state index in [1.54, 1.807) is 17.5 Å². The van der Waals surface area contributed by atoms with Crippen molar-refractivity contribution in [2.75, 3.05) is 56.2 Å². The smallest absolute Gasteiger partial charge is 0.243 e. The van der Waals surface area contributed by atoms with Crippen LogP contribution in [-0.4, -0.2) is 69.1 Å². The molecule has 0 N–H and O–H groups in total. The molecule has 1 aromatic heterocycles. The van der Waals surface area contributed by atoms with Gasteiger partial charge in [0, 0.05) is 57.1 Å². The number of methoxy groups -OCH3 is 1. The van der Waals surface area contributed by atoms with Crippen LogP contribution in [0.1, 0.15) is 29.7 Å². The van der Waals surface area contributed by atoms with Gasteiger partial charge in [-0.05, 0) is 44.7 Å². The highest BCUT2D eigenvalue weighted by molar-refractivity contribution is 7.89. The summed E-state index contributed by atoms with van der Waals surface area (Å²) in [6.07, 6.45) is 2.39. The van der Waals surface area contributed by atoms with Crippen molar-refractivity contribution in [1.29, 1.82) is 0 Å². The van der Waals surface area contributed by atoms with Crippen LogP contribution in [0.2, 0.25) is 0 Å². The Morgan fingerprint density at radius 1 is 0.839 bits per heavy atom. The van der Waals surface area contributed by atoms with Gasteiger partial charge < -0.3 is 14.5 Å². The van der Waals surface area contributed by atoms with Crippen LogP contribution in [0.15, 0.2) is 23.1 Å². The maximum Gasteiger partial charge on any atom is 0.243 e. The summed E-state index contributed by atoms with van der Waals surface area (Å²) >= 11 is 0. The van der Waals surface area contributed by atoms with E-state index in [9.17, 15) is 8.42 Å². The van der Waals surface area contributed by atoms with Gasteiger partial charge in [-0.15, -0.1) is 0 Å². The summed E-state index contributed by atoms with van der Waals surface area (Å²) < 4.78 is 33.6. The molecule has 2 aromatic rings. The first-order chi connectivity index (χ1) is 14.8. The molecule has 2 aliphatic heterocycles. The van der Waals surface area contributed by atoms with Crippen molar-refractivity contribution >= 4 is 21.8 Å². The predicted octanol–water partition coefficient (Wildman–Crippen LogP) is 2.52. The van der Waals surface area contributed by atoms with Gasteiger partial charge in [-0.25, -0.2) is 13.4 Å². The van der Waals surface area contributed by atoms with E-state index in [0.29, 0.717) is 42.8 Å². The number of benzene rings is 1. The van der Waals surface area contributed by atoms with Gasteiger partial charge in [-0.3, -0.25) is 0 Å². The SMILES string of the molecule is COc1cc(S(=O)(=O)N2CCN(c3nc(C)cc(N4CCCC4)n3)CC2)c(C)cc1C. The van der Waals surface area contributed by atoms with Crippen LogP contribution in [0, 0.1) is 20.8 Å². The Bertz CT molecular complexity index is 1060. The van der Waals surface area contributed by atoms with Crippen molar-refractivity contribution in [3.05, 3.63) is 35.0 Å². The number of anilines is 2. The maximum atomic E-state index is 13.3. The van der Waals surface area contributed by atoms with Crippen molar-refractivity contribution in [2.24, 2.45) is 0 Å². The lowest BCUT2D eigenvalue weighted by atomic mass is 10.1. The molecule has 8 nitrogen and oxygen atoms in total. The molecule has 0 radical (unpaired) electrons. The number of ether oxygens (including phenoxy) is 1. The zero-order valence-corrected chi connectivity index (χ0v) is 19.6. The fourth-order valence-corrected chi connectivity index (χ4v) is 6.01. The highest BCUT2D eigenvalue weighted by Gasteiger charge is 2.31. The van der Waals surface area contributed by atoms with Crippen LogP contribution in [0.5, 0.6) is 5.75 Å². The molecule has 2 fully saturated rings. The molecule has 0 atom stereocenters. The van der Waals surface area contributed by atoms with Gasteiger partial charge >= 0.3 is 0 Å². The van der Waals surface area contributed by atoms with E-state index in [1.807, 2.05) is 32.9 Å². The molecule has 0 spiro atoms. The number of rotatable bonds is 5. The number of aryl methyl sites for hydroxylation is 3. The monoisotopic (exact) mass is 445 g/mol. The van der Waals surface area contributed by atoms with E-state index >= 15 is 0 Å². The third-order valence-electron chi connectivity index (χ3n) is 6.09. The predicted molar refractivity (Wildman–Crippen MR) is 122 cm³/mol. The molecule has 1 aromatic carbocycles. The van der Waals surface area contributed by atoms with Gasteiger partial charge in [-0.2, -0.15) is 9.29 Å². The lowest BCUT2D eigenvalue weighted by molar-refractivity contribution is 0.381. The van der Waals surface area contributed by atoms with E-state index in [4.69, 9.17) is 9.72 Å². The minimum Gasteiger partial charge on any atom is -0.496 e. The highest BCUT2D eigenvalue weighted by atomic mass is 32.2. The number of piperazine rings is 1. The van der Waals surface area contributed by atoms with Gasteiger partial charge in [0.25, 0.3) is 0 Å². The van der Waals surface area contributed by atoms with Gasteiger partial charge in [0.05, 0.1) is 12.0 Å². The van der Waals surface area contributed by atoms with E-state index in [2.05, 4.69) is 14.8 Å². The van der Waals surface area contributed by atoms with Crippen LogP contribution in [0.25, 0.3) is 0 Å². The standard InChI is InChI=1S/C22H31N5O3S/c1-16-13-17(2)20(15-19(16)30-4)31(28,29)27-11-9-26(10-12-27)22-23-18(3)14-21(24-22)25-7-5-6-8-25/h13-15H,5-12H2,1-4H3. The molecule has 9 heteroatoms. The molecular weight excluding hydrogens is 414 g/mol. The van der Waals surface area contributed by atoms with Gasteiger partial charge in [0.1, 0.15) is 11.6 Å². The molecule has 168 valence electrons. The fraction of sp³-hybridized carbons (Fsp3) is 0.545. The number of nitrogens with zero attached hydrogens (tertiary/aromatic N) is 5. The number of aromatic nitrogens is 2. The van der Waals surface area contributed by atoms with Crippen molar-refractivity contribution in [3.63, 3.8) is 0 Å². The molecule has 0 aliphatic carbocycles. The van der Waals surface area contributed by atoms with Crippen LogP contribution in [0.4, 0.5) is 11.8 Å². The number of hydrogen-bond donors (Lipinski definition) is 0. The number of sulfonamides is 1. The van der Waals surface area contributed by atoms with Crippen molar-refractivity contribution in [1.82, 2.24) is 14.3 Å². The number of hydrogen-bond acceptors (Lipinski definition) is 7. The van der Waals surface area contributed by atoms with Crippen LogP contribution < -0.4 is 14.5 Å². The molecule has 2 aliphatic rings. The van der Waals surface area contributed by atoms with Crippen LogP contribution >= 0.6 is 0 Å². The first-order valence-electron chi connectivity index (χ1n) is 10.8. The molecule has 4 rings (SSSR count). The average molecular weight is 446 g/mol. The Hall–Kier alpha value is -2.39. The van der Waals surface area contributed by atoms with Gasteiger partial charge in [0.2, 0.25) is 16.0 Å². The molecule has 0 amide bonds. The Morgan fingerprint density at radius 3 is 2.16 bits per heavy atom. The summed E-state index contributed by atoms with van der Waals surface area (Å²) in [5.41, 5.74) is 2.59. The normalized spacial score (nSPS) is 17.9. The second kappa shape index (κ2) is 8.63. The lowest BCUT2D eigenvalue weighted by Gasteiger charge is -2.34. The Balaban J connectivity index is 1.51. The largest absolute Gasteiger partial charge is 0.496 e. The Morgan fingerprint density at radius 2 is 1.52 bits per heavy atom. The van der Waals surface area contributed by atoms with Crippen LogP contribution in [-0.2, 0) is 10.0 Å². The molecule has 2 saturated heterocycles.